The number of hydrogen-bond donors (Lipinski definition) is 2. The maximum absolute atomic E-state index is 11.8. The van der Waals surface area contributed by atoms with E-state index in [9.17, 15) is 4.79 Å². The molecule has 4 nitrogen and oxygen atoms in total. The highest BCUT2D eigenvalue weighted by Gasteiger charge is 2.12. The zero-order chi connectivity index (χ0) is 13.7. The highest BCUT2D eigenvalue weighted by molar-refractivity contribution is 7.13. The second-order valence-electron chi connectivity index (χ2n) is 4.30. The Hall–Kier alpha value is -1.43. The van der Waals surface area contributed by atoms with E-state index in [1.165, 1.54) is 0 Å². The fourth-order valence-electron chi connectivity index (χ4n) is 1.74. The van der Waals surface area contributed by atoms with E-state index in [2.05, 4.69) is 10.3 Å². The van der Waals surface area contributed by atoms with E-state index < -0.39 is 6.04 Å². The molecule has 0 saturated carbocycles. The third kappa shape index (κ3) is 4.30. The van der Waals surface area contributed by atoms with Gasteiger partial charge in [0.25, 0.3) is 0 Å². The van der Waals surface area contributed by atoms with Crippen LogP contribution in [0.3, 0.4) is 0 Å². The number of halogens is 1. The van der Waals surface area contributed by atoms with Crippen LogP contribution in [0, 0.1) is 0 Å². The maximum Gasteiger partial charge on any atom is 0.241 e. The number of hydrogen-bond acceptors (Lipinski definition) is 4. The Labute approximate surface area is 128 Å². The Morgan fingerprint density at radius 2 is 2.10 bits per heavy atom. The Morgan fingerprint density at radius 3 is 2.65 bits per heavy atom. The first-order chi connectivity index (χ1) is 9.20. The Morgan fingerprint density at radius 1 is 1.40 bits per heavy atom. The summed E-state index contributed by atoms with van der Waals surface area (Å²) in [5.74, 6) is -0.135. The predicted octanol–water partition coefficient (Wildman–Crippen LogP) is 3.30. The highest BCUT2D eigenvalue weighted by Crippen LogP contribution is 2.23. The number of nitrogens with zero attached hydrogens (tertiary/aromatic N) is 1. The molecule has 0 radical (unpaired) electrons. The van der Waals surface area contributed by atoms with Gasteiger partial charge >= 0.3 is 0 Å². The molecule has 1 amide bonds. The van der Waals surface area contributed by atoms with Crippen molar-refractivity contribution in [1.29, 1.82) is 0 Å². The van der Waals surface area contributed by atoms with E-state index in [-0.39, 0.29) is 18.3 Å². The Bertz CT molecular complexity index is 528. The molecule has 1 aromatic heterocycles. The minimum Gasteiger partial charge on any atom is -0.325 e. The van der Waals surface area contributed by atoms with E-state index in [0.29, 0.717) is 6.42 Å². The van der Waals surface area contributed by atoms with Gasteiger partial charge in [-0.1, -0.05) is 13.3 Å². The van der Waals surface area contributed by atoms with Gasteiger partial charge in [-0.05, 0) is 30.7 Å². The maximum atomic E-state index is 11.8. The van der Waals surface area contributed by atoms with Crippen LogP contribution in [-0.2, 0) is 4.79 Å². The molecular formula is C14H18ClN3OS. The van der Waals surface area contributed by atoms with Crippen molar-refractivity contribution in [3.8, 4) is 10.6 Å². The lowest BCUT2D eigenvalue weighted by molar-refractivity contribution is -0.117. The number of anilines is 1. The van der Waals surface area contributed by atoms with Gasteiger partial charge in [0.15, 0.2) is 0 Å². The zero-order valence-corrected chi connectivity index (χ0v) is 12.8. The lowest BCUT2D eigenvalue weighted by atomic mass is 10.1. The smallest absolute Gasteiger partial charge is 0.241 e. The minimum atomic E-state index is -0.441. The topological polar surface area (TPSA) is 68.0 Å². The molecule has 1 atom stereocenters. The van der Waals surface area contributed by atoms with Crippen LogP contribution in [0.5, 0.6) is 0 Å². The van der Waals surface area contributed by atoms with Crippen molar-refractivity contribution in [2.24, 2.45) is 5.73 Å². The molecule has 0 fully saturated rings. The van der Waals surface area contributed by atoms with Crippen LogP contribution in [0.25, 0.3) is 10.6 Å². The number of aromatic nitrogens is 1. The molecule has 20 heavy (non-hydrogen) atoms. The average molecular weight is 312 g/mol. The third-order valence-electron chi connectivity index (χ3n) is 2.77. The molecule has 0 saturated heterocycles. The lowest BCUT2D eigenvalue weighted by Gasteiger charge is -2.11. The van der Waals surface area contributed by atoms with Crippen LogP contribution >= 0.6 is 23.7 Å². The van der Waals surface area contributed by atoms with Crippen molar-refractivity contribution in [2.75, 3.05) is 5.32 Å². The second kappa shape index (κ2) is 7.99. The number of nitrogens with two attached hydrogens (primary N) is 1. The summed E-state index contributed by atoms with van der Waals surface area (Å²) in [5.41, 5.74) is 7.57. The number of rotatable bonds is 5. The first-order valence-electron chi connectivity index (χ1n) is 6.27. The quantitative estimate of drug-likeness (QED) is 0.890. The highest BCUT2D eigenvalue weighted by atomic mass is 35.5. The molecule has 1 heterocycles. The van der Waals surface area contributed by atoms with Crippen molar-refractivity contribution >= 4 is 35.3 Å². The fraction of sp³-hybridized carbons (Fsp3) is 0.286. The average Bonchev–Trinajstić information content (AvgIpc) is 2.94. The number of carbonyl (C=O) groups is 1. The van der Waals surface area contributed by atoms with Crippen molar-refractivity contribution in [3.05, 3.63) is 35.8 Å². The van der Waals surface area contributed by atoms with E-state index in [0.717, 1.165) is 22.7 Å². The molecule has 0 aliphatic rings. The molecule has 2 rings (SSSR count). The van der Waals surface area contributed by atoms with E-state index in [1.54, 1.807) is 17.5 Å². The third-order valence-corrected chi connectivity index (χ3v) is 3.59. The van der Waals surface area contributed by atoms with Crippen molar-refractivity contribution in [3.63, 3.8) is 0 Å². The lowest BCUT2D eigenvalue weighted by Crippen LogP contribution is -2.35. The molecule has 0 aliphatic carbocycles. The summed E-state index contributed by atoms with van der Waals surface area (Å²) in [7, 11) is 0. The van der Waals surface area contributed by atoms with Crippen molar-refractivity contribution in [1.82, 2.24) is 4.98 Å². The summed E-state index contributed by atoms with van der Waals surface area (Å²) in [6.45, 7) is 2.01. The van der Waals surface area contributed by atoms with Crippen molar-refractivity contribution < 1.29 is 4.79 Å². The molecule has 0 aliphatic heterocycles. The van der Waals surface area contributed by atoms with Gasteiger partial charge in [0.1, 0.15) is 5.01 Å². The fourth-order valence-corrected chi connectivity index (χ4v) is 2.38. The Balaban J connectivity index is 0.00000200. The van der Waals surface area contributed by atoms with Crippen LogP contribution in [0.4, 0.5) is 5.69 Å². The van der Waals surface area contributed by atoms with Gasteiger partial charge < -0.3 is 11.1 Å². The van der Waals surface area contributed by atoms with E-state index in [4.69, 9.17) is 5.73 Å². The molecule has 1 aromatic carbocycles. The number of nitrogens with one attached hydrogen (secondary N) is 1. The summed E-state index contributed by atoms with van der Waals surface area (Å²) < 4.78 is 0. The van der Waals surface area contributed by atoms with Gasteiger partial charge in [0.2, 0.25) is 5.91 Å². The normalized spacial score (nSPS) is 11.5. The largest absolute Gasteiger partial charge is 0.325 e. The zero-order valence-electron chi connectivity index (χ0n) is 11.2. The number of carbonyl (C=O) groups excluding carboxylic acids is 1. The predicted molar refractivity (Wildman–Crippen MR) is 86.3 cm³/mol. The van der Waals surface area contributed by atoms with E-state index in [1.807, 2.05) is 36.6 Å². The molecule has 2 aromatic rings. The summed E-state index contributed by atoms with van der Waals surface area (Å²) in [5, 5.41) is 5.73. The van der Waals surface area contributed by atoms with Gasteiger partial charge in [-0.3, -0.25) is 4.79 Å². The second-order valence-corrected chi connectivity index (χ2v) is 5.19. The number of benzene rings is 1. The molecule has 1 unspecified atom stereocenters. The standard InChI is InChI=1S/C14H17N3OS.ClH/c1-2-3-12(15)13(18)17-11-6-4-10(5-7-11)14-16-8-9-19-14;/h4-9,12H,2-3,15H2,1H3,(H,17,18);1H. The van der Waals surface area contributed by atoms with Crippen LogP contribution in [0.1, 0.15) is 19.8 Å². The minimum absolute atomic E-state index is 0. The molecule has 0 bridgehead atoms. The molecular weight excluding hydrogens is 294 g/mol. The Kier molecular flexibility index (Phi) is 6.64. The summed E-state index contributed by atoms with van der Waals surface area (Å²) >= 11 is 1.59. The van der Waals surface area contributed by atoms with E-state index >= 15 is 0 Å². The SMILES string of the molecule is CCCC(N)C(=O)Nc1ccc(-c2nccs2)cc1.Cl. The van der Waals surface area contributed by atoms with Crippen LogP contribution in [-0.4, -0.2) is 16.9 Å². The van der Waals surface area contributed by atoms with Crippen LogP contribution in [0.2, 0.25) is 0 Å². The summed E-state index contributed by atoms with van der Waals surface area (Å²) in [6, 6.07) is 7.18. The van der Waals surface area contributed by atoms with Gasteiger partial charge in [-0.25, -0.2) is 4.98 Å². The monoisotopic (exact) mass is 311 g/mol. The van der Waals surface area contributed by atoms with Gasteiger partial charge in [0.05, 0.1) is 6.04 Å². The first-order valence-corrected chi connectivity index (χ1v) is 7.15. The van der Waals surface area contributed by atoms with Gasteiger partial charge in [-0.2, -0.15) is 0 Å². The first kappa shape index (κ1) is 16.6. The molecule has 108 valence electrons. The van der Waals surface area contributed by atoms with Crippen molar-refractivity contribution in [2.45, 2.75) is 25.8 Å². The van der Waals surface area contributed by atoms with Crippen LogP contribution < -0.4 is 11.1 Å². The van der Waals surface area contributed by atoms with Crippen LogP contribution in [0.15, 0.2) is 35.8 Å². The number of amides is 1. The summed E-state index contributed by atoms with van der Waals surface area (Å²) in [4.78, 5) is 16.0. The van der Waals surface area contributed by atoms with Gasteiger partial charge in [0, 0.05) is 22.8 Å². The molecule has 0 spiro atoms. The van der Waals surface area contributed by atoms with Gasteiger partial charge in [-0.15, -0.1) is 23.7 Å². The molecule has 3 N–H and O–H groups in total. The molecule has 6 heteroatoms. The number of thiazole rings is 1. The summed E-state index contributed by atoms with van der Waals surface area (Å²) in [6.07, 6.45) is 3.38.